The molecule has 0 saturated carbocycles. The van der Waals surface area contributed by atoms with Gasteiger partial charge in [-0.3, -0.25) is 0 Å². The molecule has 0 spiro atoms. The second kappa shape index (κ2) is 7.00. The van der Waals surface area contributed by atoms with Crippen LogP contribution in [-0.2, 0) is 0 Å². The number of nitrogens with one attached hydrogen (secondary N) is 1. The van der Waals surface area contributed by atoms with Crippen molar-refractivity contribution in [3.8, 4) is 5.75 Å². The van der Waals surface area contributed by atoms with Crippen LogP contribution in [0.2, 0.25) is 0 Å². The van der Waals surface area contributed by atoms with Crippen LogP contribution in [0.15, 0.2) is 59.1 Å². The van der Waals surface area contributed by atoms with Crippen molar-refractivity contribution < 1.29 is 4.74 Å². The highest BCUT2D eigenvalue weighted by atomic mass is 79.9. The van der Waals surface area contributed by atoms with Gasteiger partial charge in [-0.2, -0.15) is 0 Å². The molecule has 0 aliphatic rings. The minimum Gasteiger partial charge on any atom is -0.497 e. The summed E-state index contributed by atoms with van der Waals surface area (Å²) in [6.07, 6.45) is 4.20. The normalized spacial score (nSPS) is 10.6. The molecule has 0 bridgehead atoms. The molecule has 2 aromatic carbocycles. The van der Waals surface area contributed by atoms with E-state index in [-0.39, 0.29) is 0 Å². The molecule has 0 aliphatic carbocycles. The molecular formula is C16H16BrNO. The van der Waals surface area contributed by atoms with Crippen molar-refractivity contribution in [2.24, 2.45) is 0 Å². The lowest BCUT2D eigenvalue weighted by atomic mass is 10.2. The van der Waals surface area contributed by atoms with E-state index in [0.29, 0.717) is 0 Å². The van der Waals surface area contributed by atoms with Gasteiger partial charge in [0.05, 0.1) is 12.8 Å². The summed E-state index contributed by atoms with van der Waals surface area (Å²) in [6.45, 7) is 0.765. The summed E-state index contributed by atoms with van der Waals surface area (Å²) in [7, 11) is 1.67. The fraction of sp³-hybridized carbons (Fsp3) is 0.125. The number of hydrogen-bond donors (Lipinski definition) is 1. The van der Waals surface area contributed by atoms with Crippen LogP contribution < -0.4 is 10.1 Å². The molecule has 0 saturated heterocycles. The topological polar surface area (TPSA) is 21.3 Å². The van der Waals surface area contributed by atoms with E-state index in [4.69, 9.17) is 4.74 Å². The highest BCUT2D eigenvalue weighted by Gasteiger charge is 2.00. The smallest absolute Gasteiger partial charge is 0.121 e. The maximum absolute atomic E-state index is 5.21. The summed E-state index contributed by atoms with van der Waals surface area (Å²) in [6, 6.07) is 16.1. The van der Waals surface area contributed by atoms with Crippen LogP contribution in [0.1, 0.15) is 5.56 Å². The largest absolute Gasteiger partial charge is 0.497 e. The Kier molecular flexibility index (Phi) is 5.04. The lowest BCUT2D eigenvalue weighted by molar-refractivity contribution is 0.415. The first-order chi connectivity index (χ1) is 9.29. The number of benzene rings is 2. The first kappa shape index (κ1) is 13.7. The molecule has 0 amide bonds. The van der Waals surface area contributed by atoms with Gasteiger partial charge in [0.2, 0.25) is 0 Å². The van der Waals surface area contributed by atoms with E-state index in [1.807, 2.05) is 36.4 Å². The van der Waals surface area contributed by atoms with Gasteiger partial charge in [0.25, 0.3) is 0 Å². The summed E-state index contributed by atoms with van der Waals surface area (Å²) in [5, 5.41) is 3.34. The van der Waals surface area contributed by atoms with E-state index >= 15 is 0 Å². The Bertz CT molecular complexity index is 552. The molecule has 0 unspecified atom stereocenters. The molecule has 1 N–H and O–H groups in total. The van der Waals surface area contributed by atoms with Crippen LogP contribution in [-0.4, -0.2) is 13.7 Å². The third-order valence-electron chi connectivity index (χ3n) is 2.69. The van der Waals surface area contributed by atoms with Crippen molar-refractivity contribution in [3.63, 3.8) is 0 Å². The van der Waals surface area contributed by atoms with Crippen LogP contribution in [0, 0.1) is 0 Å². The number of halogens is 1. The van der Waals surface area contributed by atoms with Gasteiger partial charge in [0.1, 0.15) is 5.75 Å². The molecule has 0 aliphatic heterocycles. The fourth-order valence-corrected chi connectivity index (χ4v) is 2.08. The van der Waals surface area contributed by atoms with Gasteiger partial charge in [0, 0.05) is 17.1 Å². The molecule has 0 atom stereocenters. The highest BCUT2D eigenvalue weighted by Crippen LogP contribution is 2.26. The van der Waals surface area contributed by atoms with Crippen molar-refractivity contribution in [1.82, 2.24) is 0 Å². The average molecular weight is 318 g/mol. The van der Waals surface area contributed by atoms with E-state index in [9.17, 15) is 0 Å². The molecule has 19 heavy (non-hydrogen) atoms. The third-order valence-corrected chi connectivity index (χ3v) is 3.39. The van der Waals surface area contributed by atoms with E-state index < -0.39 is 0 Å². The van der Waals surface area contributed by atoms with Crippen molar-refractivity contribution in [2.75, 3.05) is 19.0 Å². The van der Waals surface area contributed by atoms with Crippen molar-refractivity contribution >= 4 is 27.7 Å². The first-order valence-corrected chi connectivity index (χ1v) is 6.88. The standard InChI is InChI=1S/C16H16BrNO/c1-19-14-9-10-15(17)16(12-14)18-11-5-8-13-6-3-2-4-7-13/h2-10,12,18H,11H2,1H3. The molecule has 0 aromatic heterocycles. The molecule has 2 nitrogen and oxygen atoms in total. The Morgan fingerprint density at radius 3 is 2.68 bits per heavy atom. The molecule has 0 heterocycles. The van der Waals surface area contributed by atoms with Gasteiger partial charge in [-0.1, -0.05) is 42.5 Å². The van der Waals surface area contributed by atoms with Gasteiger partial charge in [-0.15, -0.1) is 0 Å². The summed E-state index contributed by atoms with van der Waals surface area (Å²) < 4.78 is 6.24. The summed E-state index contributed by atoms with van der Waals surface area (Å²) in [5.74, 6) is 0.845. The molecule has 3 heteroatoms. The van der Waals surface area contributed by atoms with Crippen LogP contribution in [0.25, 0.3) is 6.08 Å². The highest BCUT2D eigenvalue weighted by molar-refractivity contribution is 9.10. The molecular weight excluding hydrogens is 302 g/mol. The fourth-order valence-electron chi connectivity index (χ4n) is 1.69. The predicted molar refractivity (Wildman–Crippen MR) is 84.7 cm³/mol. The Morgan fingerprint density at radius 1 is 1.16 bits per heavy atom. The maximum Gasteiger partial charge on any atom is 0.121 e. The van der Waals surface area contributed by atoms with Crippen molar-refractivity contribution in [3.05, 3.63) is 64.6 Å². The lowest BCUT2D eigenvalue weighted by Gasteiger charge is -2.08. The Morgan fingerprint density at radius 2 is 1.95 bits per heavy atom. The van der Waals surface area contributed by atoms with E-state index in [0.717, 1.165) is 22.5 Å². The number of ether oxygens (including phenoxy) is 1. The SMILES string of the molecule is COc1ccc(Br)c(NCC=Cc2ccccc2)c1. The molecule has 0 fully saturated rings. The Balaban J connectivity index is 1.94. The van der Waals surface area contributed by atoms with E-state index in [2.05, 4.69) is 45.5 Å². The van der Waals surface area contributed by atoms with E-state index in [1.54, 1.807) is 7.11 Å². The maximum atomic E-state index is 5.21. The van der Waals surface area contributed by atoms with Crippen molar-refractivity contribution in [1.29, 1.82) is 0 Å². The molecule has 0 radical (unpaired) electrons. The van der Waals surface area contributed by atoms with Crippen LogP contribution in [0.4, 0.5) is 5.69 Å². The summed E-state index contributed by atoms with van der Waals surface area (Å²) in [5.41, 5.74) is 2.23. The van der Waals surface area contributed by atoms with Crippen LogP contribution >= 0.6 is 15.9 Å². The first-order valence-electron chi connectivity index (χ1n) is 6.08. The second-order valence-electron chi connectivity index (χ2n) is 4.04. The predicted octanol–water partition coefficient (Wildman–Crippen LogP) is 4.58. The van der Waals surface area contributed by atoms with Crippen LogP contribution in [0.3, 0.4) is 0 Å². The van der Waals surface area contributed by atoms with Gasteiger partial charge in [0.15, 0.2) is 0 Å². The Labute approximate surface area is 122 Å². The molecule has 2 rings (SSSR count). The number of hydrogen-bond acceptors (Lipinski definition) is 2. The van der Waals surface area contributed by atoms with Crippen molar-refractivity contribution in [2.45, 2.75) is 0 Å². The zero-order valence-electron chi connectivity index (χ0n) is 10.8. The van der Waals surface area contributed by atoms with Gasteiger partial charge in [-0.25, -0.2) is 0 Å². The number of methoxy groups -OCH3 is 1. The monoisotopic (exact) mass is 317 g/mol. The Hall–Kier alpha value is -1.74. The molecule has 2 aromatic rings. The molecule has 98 valence electrons. The zero-order valence-corrected chi connectivity index (χ0v) is 12.4. The van der Waals surface area contributed by atoms with E-state index in [1.165, 1.54) is 5.56 Å². The van der Waals surface area contributed by atoms with Gasteiger partial charge in [-0.05, 0) is 33.6 Å². The van der Waals surface area contributed by atoms with Gasteiger partial charge < -0.3 is 10.1 Å². The van der Waals surface area contributed by atoms with Gasteiger partial charge >= 0.3 is 0 Å². The lowest BCUT2D eigenvalue weighted by Crippen LogP contribution is -1.99. The summed E-state index contributed by atoms with van der Waals surface area (Å²) >= 11 is 3.51. The minimum absolute atomic E-state index is 0.765. The average Bonchev–Trinajstić information content (AvgIpc) is 2.46. The number of anilines is 1. The summed E-state index contributed by atoms with van der Waals surface area (Å²) in [4.78, 5) is 0. The third kappa shape index (κ3) is 4.14. The minimum atomic E-state index is 0.765. The zero-order chi connectivity index (χ0) is 13.5. The van der Waals surface area contributed by atoms with Crippen LogP contribution in [0.5, 0.6) is 5.75 Å². The second-order valence-corrected chi connectivity index (χ2v) is 4.89. The quantitative estimate of drug-likeness (QED) is 0.871. The number of rotatable bonds is 5.